The van der Waals surface area contributed by atoms with E-state index in [1.165, 1.54) is 24.0 Å². The second-order valence-corrected chi connectivity index (χ2v) is 7.73. The summed E-state index contributed by atoms with van der Waals surface area (Å²) in [5, 5.41) is 0. The number of hydrogen-bond acceptors (Lipinski definition) is 3. The van der Waals surface area contributed by atoms with E-state index in [9.17, 15) is 4.79 Å². The molecule has 0 spiro atoms. The first-order chi connectivity index (χ1) is 11.1. The number of aryl methyl sites for hydroxylation is 1. The molecule has 3 aliphatic rings. The molecule has 2 aliphatic heterocycles. The van der Waals surface area contributed by atoms with Crippen molar-refractivity contribution in [3.63, 3.8) is 0 Å². The second kappa shape index (κ2) is 5.94. The smallest absolute Gasteiger partial charge is 0.311 e. The van der Waals surface area contributed by atoms with Gasteiger partial charge in [-0.15, -0.1) is 0 Å². The second-order valence-electron chi connectivity index (χ2n) is 7.73. The zero-order valence-corrected chi connectivity index (χ0v) is 14.2. The number of hydrogen-bond donors (Lipinski definition) is 0. The molecule has 124 valence electrons. The van der Waals surface area contributed by atoms with Crippen LogP contribution < -0.4 is 0 Å². The highest BCUT2D eigenvalue weighted by Gasteiger charge is 2.50. The van der Waals surface area contributed by atoms with E-state index in [-0.39, 0.29) is 18.0 Å². The molecule has 23 heavy (non-hydrogen) atoms. The molecule has 1 aromatic rings. The van der Waals surface area contributed by atoms with Gasteiger partial charge in [0.05, 0.1) is 5.92 Å². The number of esters is 1. The number of piperidine rings is 1. The summed E-state index contributed by atoms with van der Waals surface area (Å²) in [4.78, 5) is 15.4. The van der Waals surface area contributed by atoms with Crippen LogP contribution in [-0.4, -0.2) is 36.1 Å². The number of ether oxygens (including phenoxy) is 1. The van der Waals surface area contributed by atoms with Gasteiger partial charge in [0.15, 0.2) is 0 Å². The van der Waals surface area contributed by atoms with Crippen molar-refractivity contribution in [3.8, 4) is 0 Å². The zero-order chi connectivity index (χ0) is 16.0. The van der Waals surface area contributed by atoms with Crippen molar-refractivity contribution in [1.82, 2.24) is 4.90 Å². The molecule has 4 atom stereocenters. The van der Waals surface area contributed by atoms with Crippen molar-refractivity contribution in [3.05, 3.63) is 35.4 Å². The molecule has 3 fully saturated rings. The molecule has 0 radical (unpaired) electrons. The highest BCUT2D eigenvalue weighted by Crippen LogP contribution is 2.47. The average molecular weight is 313 g/mol. The van der Waals surface area contributed by atoms with Crippen LogP contribution in [0.2, 0.25) is 0 Å². The molecule has 2 bridgehead atoms. The number of fused-ring (bicyclic) bond motifs is 2. The Bertz CT molecular complexity index is 578. The van der Waals surface area contributed by atoms with Gasteiger partial charge in [0.1, 0.15) is 6.10 Å². The number of benzene rings is 1. The van der Waals surface area contributed by atoms with E-state index >= 15 is 0 Å². The lowest BCUT2D eigenvalue weighted by molar-refractivity contribution is -0.162. The third-order valence-corrected chi connectivity index (χ3v) is 6.38. The van der Waals surface area contributed by atoms with E-state index in [1.54, 1.807) is 0 Å². The van der Waals surface area contributed by atoms with Crippen molar-refractivity contribution in [2.45, 2.75) is 69.6 Å². The molecule has 1 unspecified atom stereocenters. The van der Waals surface area contributed by atoms with E-state index in [4.69, 9.17) is 4.74 Å². The van der Waals surface area contributed by atoms with Crippen LogP contribution in [0.15, 0.2) is 24.3 Å². The third kappa shape index (κ3) is 2.69. The molecule has 2 saturated heterocycles. The van der Waals surface area contributed by atoms with Crippen LogP contribution in [0, 0.1) is 12.8 Å². The SMILES string of the molecule is Cc1ccc([C@H]2C[C@H]3CCC([C@H]2C(=O)OC2CCC2)N3C)cc1. The molecule has 1 saturated carbocycles. The van der Waals surface area contributed by atoms with Gasteiger partial charge in [0, 0.05) is 18.0 Å². The Labute approximate surface area is 139 Å². The van der Waals surface area contributed by atoms with Crippen LogP contribution in [0.3, 0.4) is 0 Å². The lowest BCUT2D eigenvalue weighted by Crippen LogP contribution is -2.49. The van der Waals surface area contributed by atoms with Gasteiger partial charge in [-0.3, -0.25) is 9.69 Å². The maximum absolute atomic E-state index is 12.9. The maximum Gasteiger partial charge on any atom is 0.311 e. The molecule has 2 heterocycles. The topological polar surface area (TPSA) is 29.5 Å². The lowest BCUT2D eigenvalue weighted by Gasteiger charge is -2.42. The van der Waals surface area contributed by atoms with Crippen LogP contribution in [0.25, 0.3) is 0 Å². The van der Waals surface area contributed by atoms with Gasteiger partial charge in [-0.05, 0) is 58.1 Å². The van der Waals surface area contributed by atoms with Gasteiger partial charge in [0.2, 0.25) is 0 Å². The van der Waals surface area contributed by atoms with Crippen LogP contribution in [0.5, 0.6) is 0 Å². The van der Waals surface area contributed by atoms with Crippen molar-refractivity contribution in [1.29, 1.82) is 0 Å². The molecule has 0 amide bonds. The zero-order valence-electron chi connectivity index (χ0n) is 14.2. The van der Waals surface area contributed by atoms with Crippen LogP contribution in [-0.2, 0) is 9.53 Å². The third-order valence-electron chi connectivity index (χ3n) is 6.38. The quantitative estimate of drug-likeness (QED) is 0.798. The Morgan fingerprint density at radius 1 is 1.13 bits per heavy atom. The molecule has 1 aromatic carbocycles. The van der Waals surface area contributed by atoms with Crippen LogP contribution in [0.1, 0.15) is 55.6 Å². The van der Waals surface area contributed by atoms with Gasteiger partial charge < -0.3 is 4.74 Å². The van der Waals surface area contributed by atoms with Gasteiger partial charge in [0.25, 0.3) is 0 Å². The van der Waals surface area contributed by atoms with E-state index in [1.807, 2.05) is 0 Å². The Morgan fingerprint density at radius 3 is 2.52 bits per heavy atom. The average Bonchev–Trinajstić information content (AvgIpc) is 2.74. The van der Waals surface area contributed by atoms with E-state index in [0.29, 0.717) is 18.0 Å². The molecule has 4 rings (SSSR count). The fourth-order valence-corrected chi connectivity index (χ4v) is 4.68. The molecular formula is C20H27NO2. The van der Waals surface area contributed by atoms with Crippen molar-refractivity contribution in [2.75, 3.05) is 7.05 Å². The van der Waals surface area contributed by atoms with Crippen molar-refractivity contribution >= 4 is 5.97 Å². The normalized spacial score (nSPS) is 34.2. The fourth-order valence-electron chi connectivity index (χ4n) is 4.68. The highest BCUT2D eigenvalue weighted by atomic mass is 16.5. The van der Waals surface area contributed by atoms with Gasteiger partial charge in [-0.1, -0.05) is 29.8 Å². The minimum absolute atomic E-state index is 0.00190. The van der Waals surface area contributed by atoms with E-state index in [2.05, 4.69) is 43.1 Å². The lowest BCUT2D eigenvalue weighted by atomic mass is 9.76. The summed E-state index contributed by atoms with van der Waals surface area (Å²) in [5.74, 6) is 0.372. The fraction of sp³-hybridized carbons (Fsp3) is 0.650. The highest BCUT2D eigenvalue weighted by molar-refractivity contribution is 5.75. The van der Waals surface area contributed by atoms with Crippen LogP contribution >= 0.6 is 0 Å². The van der Waals surface area contributed by atoms with Gasteiger partial charge >= 0.3 is 5.97 Å². The molecule has 0 aromatic heterocycles. The number of rotatable bonds is 3. The first kappa shape index (κ1) is 15.2. The van der Waals surface area contributed by atoms with Crippen molar-refractivity contribution in [2.24, 2.45) is 5.92 Å². The summed E-state index contributed by atoms with van der Waals surface area (Å²) < 4.78 is 5.83. The first-order valence-electron chi connectivity index (χ1n) is 9.12. The predicted molar refractivity (Wildman–Crippen MR) is 90.3 cm³/mol. The molecule has 1 aliphatic carbocycles. The monoisotopic (exact) mass is 313 g/mol. The standard InChI is InChI=1S/C20H27NO2/c1-13-6-8-14(9-7-13)17-12-15-10-11-18(21(15)2)19(17)20(22)23-16-4-3-5-16/h6-9,15-19H,3-5,10-12H2,1-2H3/t15-,17-,18?,19+/m1/s1. The Balaban J connectivity index is 1.61. The summed E-state index contributed by atoms with van der Waals surface area (Å²) in [6, 6.07) is 9.75. The summed E-state index contributed by atoms with van der Waals surface area (Å²) in [6.07, 6.45) is 6.93. The Hall–Kier alpha value is -1.35. The van der Waals surface area contributed by atoms with Gasteiger partial charge in [-0.25, -0.2) is 0 Å². The molecule has 3 heteroatoms. The molecule has 3 nitrogen and oxygen atoms in total. The maximum atomic E-state index is 12.9. The number of carbonyl (C=O) groups is 1. The number of nitrogens with zero attached hydrogens (tertiary/aromatic N) is 1. The van der Waals surface area contributed by atoms with E-state index in [0.717, 1.165) is 25.7 Å². The largest absolute Gasteiger partial charge is 0.462 e. The summed E-state index contributed by atoms with van der Waals surface area (Å²) in [7, 11) is 2.19. The van der Waals surface area contributed by atoms with Crippen molar-refractivity contribution < 1.29 is 9.53 Å². The first-order valence-corrected chi connectivity index (χ1v) is 9.12. The summed E-state index contributed by atoms with van der Waals surface area (Å²) >= 11 is 0. The number of carbonyl (C=O) groups excluding carboxylic acids is 1. The summed E-state index contributed by atoms with van der Waals surface area (Å²) in [5.41, 5.74) is 2.59. The predicted octanol–water partition coefficient (Wildman–Crippen LogP) is 3.66. The summed E-state index contributed by atoms with van der Waals surface area (Å²) in [6.45, 7) is 2.12. The Morgan fingerprint density at radius 2 is 1.87 bits per heavy atom. The van der Waals surface area contributed by atoms with E-state index < -0.39 is 0 Å². The molecule has 0 N–H and O–H groups in total. The Kier molecular flexibility index (Phi) is 3.92. The minimum atomic E-state index is 0.00190. The van der Waals surface area contributed by atoms with Gasteiger partial charge in [-0.2, -0.15) is 0 Å². The van der Waals surface area contributed by atoms with Crippen LogP contribution in [0.4, 0.5) is 0 Å². The molecular weight excluding hydrogens is 286 g/mol. The minimum Gasteiger partial charge on any atom is -0.462 e.